The zero-order valence-electron chi connectivity index (χ0n) is 17.7. The van der Waals surface area contributed by atoms with Crippen LogP contribution in [-0.2, 0) is 16.6 Å². The van der Waals surface area contributed by atoms with E-state index in [1.54, 1.807) is 12.1 Å². The van der Waals surface area contributed by atoms with Gasteiger partial charge in [0.15, 0.2) is 5.65 Å². The highest BCUT2D eigenvalue weighted by molar-refractivity contribution is 7.90. The quantitative estimate of drug-likeness (QED) is 0.518. The summed E-state index contributed by atoms with van der Waals surface area (Å²) in [5.74, 6) is 0.512. The molecule has 0 atom stereocenters. The number of carbonyl (C=O) groups excluding carboxylic acids is 1. The zero-order chi connectivity index (χ0) is 22.6. The molecule has 166 valence electrons. The fourth-order valence-corrected chi connectivity index (χ4v) is 4.48. The standard InChI is InChI=1S/C21H25ClN4O4S/c1-4-6-11-31(28,29)25-21(27)19-10-9-18-20(24-19)26(14(3)23-18)13-15-7-8-16(30-5-2)12-17(15)22/h7-10,12H,4-6,11,13H2,1-3H3,(H,25,27). The van der Waals surface area contributed by atoms with Gasteiger partial charge in [0, 0.05) is 5.02 Å². The summed E-state index contributed by atoms with van der Waals surface area (Å²) in [5.41, 5.74) is 1.92. The third-order valence-corrected chi connectivity index (χ3v) is 6.37. The van der Waals surface area contributed by atoms with Gasteiger partial charge in [-0.2, -0.15) is 0 Å². The average molecular weight is 465 g/mol. The van der Waals surface area contributed by atoms with Crippen LogP contribution in [0.5, 0.6) is 5.75 Å². The number of benzene rings is 1. The summed E-state index contributed by atoms with van der Waals surface area (Å²) in [4.78, 5) is 21.4. The number of amides is 1. The van der Waals surface area contributed by atoms with E-state index in [-0.39, 0.29) is 11.4 Å². The summed E-state index contributed by atoms with van der Waals surface area (Å²) >= 11 is 6.42. The number of hydrogen-bond acceptors (Lipinski definition) is 6. The summed E-state index contributed by atoms with van der Waals surface area (Å²) in [7, 11) is -3.70. The van der Waals surface area contributed by atoms with Crippen molar-refractivity contribution < 1.29 is 17.9 Å². The highest BCUT2D eigenvalue weighted by Gasteiger charge is 2.19. The van der Waals surface area contributed by atoms with Gasteiger partial charge < -0.3 is 9.30 Å². The van der Waals surface area contributed by atoms with Crippen LogP contribution >= 0.6 is 11.6 Å². The van der Waals surface area contributed by atoms with Crippen LogP contribution in [0.2, 0.25) is 5.02 Å². The lowest BCUT2D eigenvalue weighted by molar-refractivity contribution is 0.0977. The van der Waals surface area contributed by atoms with Gasteiger partial charge in [-0.25, -0.2) is 23.1 Å². The molecule has 31 heavy (non-hydrogen) atoms. The Hall–Kier alpha value is -2.65. The van der Waals surface area contributed by atoms with Gasteiger partial charge in [-0.05, 0) is 50.1 Å². The summed E-state index contributed by atoms with van der Waals surface area (Å²) in [6.07, 6.45) is 1.19. The van der Waals surface area contributed by atoms with Gasteiger partial charge in [-0.1, -0.05) is 31.0 Å². The Morgan fingerprint density at radius 3 is 2.65 bits per heavy atom. The molecule has 0 fully saturated rings. The van der Waals surface area contributed by atoms with Gasteiger partial charge >= 0.3 is 0 Å². The molecule has 2 heterocycles. The summed E-state index contributed by atoms with van der Waals surface area (Å²) in [6, 6.07) is 8.58. The number of hydrogen-bond donors (Lipinski definition) is 1. The van der Waals surface area contributed by atoms with Crippen LogP contribution in [0, 0.1) is 6.92 Å². The predicted molar refractivity (Wildman–Crippen MR) is 120 cm³/mol. The Morgan fingerprint density at radius 1 is 1.19 bits per heavy atom. The summed E-state index contributed by atoms with van der Waals surface area (Å²) in [5, 5.41) is 0.545. The number of ether oxygens (including phenoxy) is 1. The Labute approximate surface area is 186 Å². The van der Waals surface area contributed by atoms with Crippen molar-refractivity contribution in [3.63, 3.8) is 0 Å². The number of aryl methyl sites for hydroxylation is 1. The fraction of sp³-hybridized carbons (Fsp3) is 0.381. The molecular formula is C21H25ClN4O4S. The van der Waals surface area contributed by atoms with Crippen molar-refractivity contribution >= 4 is 38.7 Å². The van der Waals surface area contributed by atoms with E-state index in [9.17, 15) is 13.2 Å². The molecule has 0 unspecified atom stereocenters. The number of nitrogens with one attached hydrogen (secondary N) is 1. The van der Waals surface area contributed by atoms with E-state index < -0.39 is 15.9 Å². The van der Waals surface area contributed by atoms with Crippen LogP contribution in [0.3, 0.4) is 0 Å². The first-order valence-electron chi connectivity index (χ1n) is 10.0. The van der Waals surface area contributed by atoms with Crippen LogP contribution in [0.25, 0.3) is 11.2 Å². The second kappa shape index (κ2) is 9.65. The minimum atomic E-state index is -3.70. The van der Waals surface area contributed by atoms with Crippen molar-refractivity contribution in [1.82, 2.24) is 19.3 Å². The minimum absolute atomic E-state index is 0.00603. The maximum Gasteiger partial charge on any atom is 0.283 e. The van der Waals surface area contributed by atoms with E-state index in [4.69, 9.17) is 16.3 Å². The van der Waals surface area contributed by atoms with Crippen molar-refractivity contribution in [2.75, 3.05) is 12.4 Å². The molecule has 3 rings (SSSR count). The Balaban J connectivity index is 1.90. The van der Waals surface area contributed by atoms with Gasteiger partial charge in [-0.3, -0.25) is 4.79 Å². The molecule has 0 saturated heterocycles. The van der Waals surface area contributed by atoms with Crippen molar-refractivity contribution in [2.24, 2.45) is 0 Å². The molecule has 0 spiro atoms. The Bertz CT molecular complexity index is 1210. The van der Waals surface area contributed by atoms with Crippen molar-refractivity contribution in [3.8, 4) is 5.75 Å². The van der Waals surface area contributed by atoms with Gasteiger partial charge in [0.05, 0.1) is 18.9 Å². The SMILES string of the molecule is CCCCS(=O)(=O)NC(=O)c1ccc2nc(C)n(Cc3ccc(OCC)cc3Cl)c2n1. The molecule has 1 N–H and O–H groups in total. The lowest BCUT2D eigenvalue weighted by Crippen LogP contribution is -2.33. The number of halogens is 1. The van der Waals surface area contributed by atoms with Crippen molar-refractivity contribution in [1.29, 1.82) is 0 Å². The number of nitrogens with zero attached hydrogens (tertiary/aromatic N) is 3. The normalized spacial score (nSPS) is 11.6. The second-order valence-electron chi connectivity index (χ2n) is 7.07. The monoisotopic (exact) mass is 464 g/mol. The van der Waals surface area contributed by atoms with Gasteiger partial charge in [0.25, 0.3) is 5.91 Å². The summed E-state index contributed by atoms with van der Waals surface area (Å²) in [6.45, 7) is 6.55. The van der Waals surface area contributed by atoms with Crippen molar-refractivity contribution in [2.45, 2.75) is 40.2 Å². The molecule has 2 aromatic heterocycles. The van der Waals surface area contributed by atoms with E-state index in [0.29, 0.717) is 53.8 Å². The highest BCUT2D eigenvalue weighted by atomic mass is 35.5. The lowest BCUT2D eigenvalue weighted by atomic mass is 10.2. The van der Waals surface area contributed by atoms with Crippen LogP contribution in [0.15, 0.2) is 30.3 Å². The third kappa shape index (κ3) is 5.54. The number of rotatable bonds is 9. The molecule has 1 aromatic carbocycles. The Kier molecular flexibility index (Phi) is 7.17. The van der Waals surface area contributed by atoms with Crippen LogP contribution < -0.4 is 9.46 Å². The molecule has 0 aliphatic carbocycles. The Morgan fingerprint density at radius 2 is 1.97 bits per heavy atom. The molecule has 3 aromatic rings. The molecular weight excluding hydrogens is 440 g/mol. The number of imidazole rings is 1. The smallest absolute Gasteiger partial charge is 0.283 e. The number of sulfonamides is 1. The minimum Gasteiger partial charge on any atom is -0.494 e. The largest absolute Gasteiger partial charge is 0.494 e. The maximum atomic E-state index is 12.5. The number of pyridine rings is 1. The highest BCUT2D eigenvalue weighted by Crippen LogP contribution is 2.25. The molecule has 8 nitrogen and oxygen atoms in total. The number of carbonyl (C=O) groups is 1. The first-order chi connectivity index (χ1) is 14.7. The molecule has 0 radical (unpaired) electrons. The van der Waals surface area contributed by atoms with Gasteiger partial charge in [-0.15, -0.1) is 0 Å². The van der Waals surface area contributed by atoms with Crippen LogP contribution in [0.1, 0.15) is 48.6 Å². The molecule has 0 saturated carbocycles. The molecule has 0 aliphatic rings. The average Bonchev–Trinajstić information content (AvgIpc) is 3.02. The first-order valence-corrected chi connectivity index (χ1v) is 12.1. The van der Waals surface area contributed by atoms with Gasteiger partial charge in [0.2, 0.25) is 10.0 Å². The van der Waals surface area contributed by atoms with E-state index in [1.807, 2.05) is 37.5 Å². The van der Waals surface area contributed by atoms with E-state index in [0.717, 1.165) is 5.56 Å². The van der Waals surface area contributed by atoms with Crippen LogP contribution in [0.4, 0.5) is 0 Å². The van der Waals surface area contributed by atoms with Crippen LogP contribution in [-0.4, -0.2) is 41.2 Å². The molecule has 0 bridgehead atoms. The fourth-order valence-electron chi connectivity index (χ4n) is 3.09. The molecule has 10 heteroatoms. The summed E-state index contributed by atoms with van der Waals surface area (Å²) < 4.78 is 33.5. The number of unbranched alkanes of at least 4 members (excludes halogenated alkanes) is 1. The lowest BCUT2D eigenvalue weighted by Gasteiger charge is -2.11. The molecule has 0 aliphatic heterocycles. The topological polar surface area (TPSA) is 103 Å². The van der Waals surface area contributed by atoms with E-state index in [1.165, 1.54) is 6.07 Å². The maximum absolute atomic E-state index is 12.5. The number of fused-ring (bicyclic) bond motifs is 1. The van der Waals surface area contributed by atoms with Crippen molar-refractivity contribution in [3.05, 3.63) is 52.4 Å². The molecule has 1 amide bonds. The zero-order valence-corrected chi connectivity index (χ0v) is 19.3. The number of aromatic nitrogens is 3. The predicted octanol–water partition coefficient (Wildman–Crippen LogP) is 3.70. The first kappa shape index (κ1) is 23.0. The van der Waals surface area contributed by atoms with E-state index in [2.05, 4.69) is 14.7 Å². The third-order valence-electron chi connectivity index (χ3n) is 4.69. The van der Waals surface area contributed by atoms with E-state index >= 15 is 0 Å². The second-order valence-corrected chi connectivity index (χ2v) is 9.32. The van der Waals surface area contributed by atoms with Gasteiger partial charge in [0.1, 0.15) is 22.8 Å².